The normalized spacial score (nSPS) is 20.3. The monoisotopic (exact) mass is 430 g/mol. The van der Waals surface area contributed by atoms with Gasteiger partial charge in [0.15, 0.2) is 0 Å². The fourth-order valence-corrected chi connectivity index (χ4v) is 4.27. The van der Waals surface area contributed by atoms with Crippen molar-refractivity contribution in [3.63, 3.8) is 0 Å². The van der Waals surface area contributed by atoms with Gasteiger partial charge < -0.3 is 10.6 Å². The average Bonchev–Trinajstić information content (AvgIpc) is 2.63. The molecule has 3 aromatic rings. The summed E-state index contributed by atoms with van der Waals surface area (Å²) in [5, 5.41) is 1.79. The zero-order valence-electron chi connectivity index (χ0n) is 14.3. The summed E-state index contributed by atoms with van der Waals surface area (Å²) in [4.78, 5) is 11.3. The van der Waals surface area contributed by atoms with E-state index in [0.29, 0.717) is 17.1 Å². The molecule has 6 heteroatoms. The van der Waals surface area contributed by atoms with E-state index in [1.165, 1.54) is 0 Å². The molecule has 0 radical (unpaired) electrons. The highest BCUT2D eigenvalue weighted by atomic mass is 79.9. The number of anilines is 2. The molecule has 0 saturated heterocycles. The van der Waals surface area contributed by atoms with Gasteiger partial charge >= 0.3 is 0 Å². The standard InChI is InChI=1S/C20H20BrClN4/c21-13-9-17(12-24-11-13)26(16-4-2-15(23)3-5-16)20-7-8-25-19-10-14(22)1-6-18(19)20/h1,6-12,15-16H,2-5,23H2. The third-order valence-electron chi connectivity index (χ3n) is 5.02. The third kappa shape index (κ3) is 3.56. The number of hydrogen-bond donors (Lipinski definition) is 1. The van der Waals surface area contributed by atoms with Crippen LogP contribution in [0.25, 0.3) is 10.9 Å². The first kappa shape index (κ1) is 17.7. The Morgan fingerprint density at radius 3 is 2.65 bits per heavy atom. The van der Waals surface area contributed by atoms with Gasteiger partial charge in [-0.05, 0) is 71.9 Å². The number of fused-ring (bicyclic) bond motifs is 1. The highest BCUT2D eigenvalue weighted by Gasteiger charge is 2.27. The second-order valence-corrected chi connectivity index (χ2v) is 8.14. The molecule has 0 atom stereocenters. The molecule has 2 aromatic heterocycles. The van der Waals surface area contributed by atoms with E-state index in [4.69, 9.17) is 17.3 Å². The number of nitrogens with two attached hydrogens (primary N) is 1. The lowest BCUT2D eigenvalue weighted by Crippen LogP contribution is -2.38. The summed E-state index contributed by atoms with van der Waals surface area (Å²) in [6.45, 7) is 0. The molecule has 0 unspecified atom stereocenters. The molecule has 1 saturated carbocycles. The Labute approximate surface area is 166 Å². The van der Waals surface area contributed by atoms with E-state index in [-0.39, 0.29) is 0 Å². The molecule has 1 fully saturated rings. The van der Waals surface area contributed by atoms with E-state index in [9.17, 15) is 0 Å². The van der Waals surface area contributed by atoms with Crippen molar-refractivity contribution in [1.82, 2.24) is 9.97 Å². The fourth-order valence-electron chi connectivity index (χ4n) is 3.76. The van der Waals surface area contributed by atoms with Crippen molar-refractivity contribution in [2.45, 2.75) is 37.8 Å². The second kappa shape index (κ2) is 7.51. The van der Waals surface area contributed by atoms with E-state index < -0.39 is 0 Å². The van der Waals surface area contributed by atoms with Gasteiger partial charge in [0.1, 0.15) is 0 Å². The molecule has 4 rings (SSSR count). The molecule has 1 aliphatic rings. The number of benzene rings is 1. The van der Waals surface area contributed by atoms with Crippen LogP contribution in [-0.2, 0) is 0 Å². The van der Waals surface area contributed by atoms with Gasteiger partial charge in [-0.1, -0.05) is 11.6 Å². The fraction of sp³-hybridized carbons (Fsp3) is 0.300. The molecule has 0 bridgehead atoms. The Morgan fingerprint density at radius 2 is 1.88 bits per heavy atom. The van der Waals surface area contributed by atoms with Gasteiger partial charge in [-0.25, -0.2) is 0 Å². The van der Waals surface area contributed by atoms with E-state index in [0.717, 1.165) is 52.4 Å². The van der Waals surface area contributed by atoms with E-state index in [2.05, 4.69) is 42.9 Å². The Bertz CT molecular complexity index is 925. The summed E-state index contributed by atoms with van der Waals surface area (Å²) in [5.74, 6) is 0. The van der Waals surface area contributed by atoms with Crippen LogP contribution < -0.4 is 10.6 Å². The molecular weight excluding hydrogens is 412 g/mol. The highest BCUT2D eigenvalue weighted by Crippen LogP contribution is 2.38. The van der Waals surface area contributed by atoms with Gasteiger partial charge in [-0.3, -0.25) is 9.97 Å². The Kier molecular flexibility index (Phi) is 5.11. The third-order valence-corrected chi connectivity index (χ3v) is 5.69. The molecule has 0 aliphatic heterocycles. The Balaban J connectivity index is 1.85. The number of nitrogens with zero attached hydrogens (tertiary/aromatic N) is 3. The van der Waals surface area contributed by atoms with Crippen LogP contribution in [-0.4, -0.2) is 22.1 Å². The van der Waals surface area contributed by atoms with Gasteiger partial charge in [0.25, 0.3) is 0 Å². The van der Waals surface area contributed by atoms with Gasteiger partial charge in [0, 0.05) is 39.4 Å². The summed E-state index contributed by atoms with van der Waals surface area (Å²) in [7, 11) is 0. The van der Waals surface area contributed by atoms with Crippen LogP contribution in [0.1, 0.15) is 25.7 Å². The summed E-state index contributed by atoms with van der Waals surface area (Å²) in [6, 6.07) is 10.8. The lowest BCUT2D eigenvalue weighted by atomic mass is 9.90. The molecule has 2 N–H and O–H groups in total. The van der Waals surface area contributed by atoms with E-state index in [1.54, 1.807) is 0 Å². The van der Waals surface area contributed by atoms with Crippen LogP contribution in [0.15, 0.2) is 53.4 Å². The topological polar surface area (TPSA) is 55.0 Å². The van der Waals surface area contributed by atoms with Crippen LogP contribution >= 0.6 is 27.5 Å². The largest absolute Gasteiger partial charge is 0.336 e. The molecular formula is C20H20BrClN4. The minimum absolute atomic E-state index is 0.307. The zero-order valence-corrected chi connectivity index (χ0v) is 16.6. The molecule has 134 valence electrons. The maximum atomic E-state index is 6.17. The van der Waals surface area contributed by atoms with E-state index in [1.807, 2.05) is 36.8 Å². The van der Waals surface area contributed by atoms with Gasteiger partial charge in [0.2, 0.25) is 0 Å². The smallest absolute Gasteiger partial charge is 0.0737 e. The minimum atomic E-state index is 0.307. The predicted molar refractivity (Wildman–Crippen MR) is 111 cm³/mol. The van der Waals surface area contributed by atoms with Crippen molar-refractivity contribution in [3.05, 3.63) is 58.4 Å². The van der Waals surface area contributed by atoms with Gasteiger partial charge in [0.05, 0.1) is 23.1 Å². The predicted octanol–water partition coefficient (Wildman–Crippen LogP) is 5.45. The molecule has 0 amide bonds. The van der Waals surface area contributed by atoms with Crippen molar-refractivity contribution in [3.8, 4) is 0 Å². The van der Waals surface area contributed by atoms with Crippen molar-refractivity contribution in [2.24, 2.45) is 5.73 Å². The zero-order chi connectivity index (χ0) is 18.1. The summed E-state index contributed by atoms with van der Waals surface area (Å²) < 4.78 is 0.967. The molecule has 0 spiro atoms. The van der Waals surface area contributed by atoms with Crippen molar-refractivity contribution in [2.75, 3.05) is 4.90 Å². The van der Waals surface area contributed by atoms with Crippen molar-refractivity contribution in [1.29, 1.82) is 0 Å². The number of rotatable bonds is 3. The number of hydrogen-bond acceptors (Lipinski definition) is 4. The number of halogens is 2. The lowest BCUT2D eigenvalue weighted by Gasteiger charge is -2.38. The summed E-state index contributed by atoms with van der Waals surface area (Å²) >= 11 is 9.73. The maximum absolute atomic E-state index is 6.17. The summed E-state index contributed by atoms with van der Waals surface area (Å²) in [6.07, 6.45) is 9.77. The molecule has 2 heterocycles. The molecule has 26 heavy (non-hydrogen) atoms. The Morgan fingerprint density at radius 1 is 1.08 bits per heavy atom. The van der Waals surface area contributed by atoms with E-state index >= 15 is 0 Å². The van der Waals surface area contributed by atoms with Crippen molar-refractivity contribution < 1.29 is 0 Å². The first-order chi connectivity index (χ1) is 12.6. The Hall–Kier alpha value is -1.69. The minimum Gasteiger partial charge on any atom is -0.336 e. The quantitative estimate of drug-likeness (QED) is 0.599. The lowest BCUT2D eigenvalue weighted by molar-refractivity contribution is 0.391. The molecule has 4 nitrogen and oxygen atoms in total. The molecule has 1 aliphatic carbocycles. The average molecular weight is 432 g/mol. The van der Waals surface area contributed by atoms with Crippen LogP contribution in [0, 0.1) is 0 Å². The second-order valence-electron chi connectivity index (χ2n) is 6.79. The van der Waals surface area contributed by atoms with Crippen LogP contribution in [0.4, 0.5) is 11.4 Å². The van der Waals surface area contributed by atoms with Gasteiger partial charge in [-0.2, -0.15) is 0 Å². The first-order valence-electron chi connectivity index (χ1n) is 8.81. The van der Waals surface area contributed by atoms with Crippen LogP contribution in [0.5, 0.6) is 0 Å². The first-order valence-corrected chi connectivity index (χ1v) is 9.98. The number of aromatic nitrogens is 2. The van der Waals surface area contributed by atoms with Gasteiger partial charge in [-0.15, -0.1) is 0 Å². The highest BCUT2D eigenvalue weighted by molar-refractivity contribution is 9.10. The van der Waals surface area contributed by atoms with Crippen LogP contribution in [0.3, 0.4) is 0 Å². The van der Waals surface area contributed by atoms with Crippen LogP contribution in [0.2, 0.25) is 5.02 Å². The van der Waals surface area contributed by atoms with Crippen molar-refractivity contribution >= 4 is 49.8 Å². The summed E-state index contributed by atoms with van der Waals surface area (Å²) in [5.41, 5.74) is 9.24. The number of pyridine rings is 2. The maximum Gasteiger partial charge on any atom is 0.0737 e. The SMILES string of the molecule is NC1CCC(N(c2cncc(Br)c2)c2ccnc3cc(Cl)ccc23)CC1. The molecule has 1 aromatic carbocycles.